The van der Waals surface area contributed by atoms with Crippen LogP contribution in [0.5, 0.6) is 5.75 Å². The maximum absolute atomic E-state index is 11.2. The van der Waals surface area contributed by atoms with E-state index in [0.29, 0.717) is 17.9 Å². The summed E-state index contributed by atoms with van der Waals surface area (Å²) < 4.78 is 6.59. The van der Waals surface area contributed by atoms with E-state index < -0.39 is 5.24 Å². The maximum Gasteiger partial charge on any atom is 0.256 e. The van der Waals surface area contributed by atoms with Gasteiger partial charge < -0.3 is 4.74 Å². The van der Waals surface area contributed by atoms with Crippen LogP contribution in [0.1, 0.15) is 15.9 Å². The first-order chi connectivity index (χ1) is 8.20. The fourth-order valence-corrected chi connectivity index (χ4v) is 1.59. The van der Waals surface area contributed by atoms with Crippen molar-refractivity contribution in [2.24, 2.45) is 0 Å². The van der Waals surface area contributed by atoms with E-state index >= 15 is 0 Å². The van der Waals surface area contributed by atoms with Gasteiger partial charge in [-0.25, -0.2) is 4.68 Å². The number of halogens is 1. The lowest BCUT2D eigenvalue weighted by molar-refractivity contribution is 0.107. The summed E-state index contributed by atoms with van der Waals surface area (Å²) in [5.74, 6) is 0.450. The molecule has 0 unspecified atom stereocenters. The lowest BCUT2D eigenvalue weighted by Gasteiger charge is -2.07. The Labute approximate surface area is 102 Å². The molecule has 0 saturated carbocycles. The van der Waals surface area contributed by atoms with Crippen LogP contribution in [0, 0.1) is 0 Å². The molecular weight excluding hydrogens is 244 g/mol. The molecule has 0 radical (unpaired) electrons. The van der Waals surface area contributed by atoms with Gasteiger partial charge in [0.1, 0.15) is 12.1 Å². The first-order valence-corrected chi connectivity index (χ1v) is 5.16. The zero-order valence-corrected chi connectivity index (χ0v) is 9.76. The largest absolute Gasteiger partial charge is 0.496 e. The zero-order chi connectivity index (χ0) is 12.3. The molecule has 0 amide bonds. The van der Waals surface area contributed by atoms with Gasteiger partial charge in [0.15, 0.2) is 0 Å². The van der Waals surface area contributed by atoms with Crippen molar-refractivity contribution >= 4 is 16.8 Å². The van der Waals surface area contributed by atoms with Crippen LogP contribution < -0.4 is 4.74 Å². The van der Waals surface area contributed by atoms with E-state index in [0.717, 1.165) is 5.56 Å². The number of ether oxygens (including phenoxy) is 1. The van der Waals surface area contributed by atoms with Crippen LogP contribution in [-0.4, -0.2) is 32.6 Å². The Morgan fingerprint density at radius 3 is 2.94 bits per heavy atom. The second kappa shape index (κ2) is 4.92. The maximum atomic E-state index is 11.2. The van der Waals surface area contributed by atoms with E-state index in [9.17, 15) is 4.79 Å². The average Bonchev–Trinajstić information content (AvgIpc) is 2.81. The van der Waals surface area contributed by atoms with Crippen LogP contribution in [0.3, 0.4) is 0 Å². The predicted molar refractivity (Wildman–Crippen MR) is 60.1 cm³/mol. The van der Waals surface area contributed by atoms with E-state index in [-0.39, 0.29) is 0 Å². The standard InChI is InChI=1S/C10H9ClN4O2/c1-17-9-3-2-7(4-8(9)10(11)16)5-15-6-12-13-14-15/h2-4,6H,5H2,1H3. The Hall–Kier alpha value is -1.95. The third kappa shape index (κ3) is 2.59. The van der Waals surface area contributed by atoms with Crippen LogP contribution >= 0.6 is 11.6 Å². The summed E-state index contributed by atoms with van der Waals surface area (Å²) in [7, 11) is 1.49. The Morgan fingerprint density at radius 2 is 2.35 bits per heavy atom. The topological polar surface area (TPSA) is 69.9 Å². The van der Waals surface area contributed by atoms with Gasteiger partial charge in [-0.2, -0.15) is 0 Å². The van der Waals surface area contributed by atoms with Crippen molar-refractivity contribution in [1.82, 2.24) is 20.2 Å². The molecule has 88 valence electrons. The molecule has 7 heteroatoms. The molecule has 2 rings (SSSR count). The number of carbonyl (C=O) groups is 1. The van der Waals surface area contributed by atoms with Crippen molar-refractivity contribution in [3.8, 4) is 5.75 Å². The van der Waals surface area contributed by atoms with E-state index in [2.05, 4.69) is 15.5 Å². The van der Waals surface area contributed by atoms with Gasteiger partial charge in [-0.3, -0.25) is 4.79 Å². The molecule has 1 aromatic heterocycles. The van der Waals surface area contributed by atoms with E-state index in [4.69, 9.17) is 16.3 Å². The summed E-state index contributed by atoms with van der Waals surface area (Å²) >= 11 is 5.47. The molecule has 0 aliphatic carbocycles. The van der Waals surface area contributed by atoms with Crippen molar-refractivity contribution in [3.63, 3.8) is 0 Å². The highest BCUT2D eigenvalue weighted by Crippen LogP contribution is 2.21. The summed E-state index contributed by atoms with van der Waals surface area (Å²) in [5, 5.41) is 10.2. The van der Waals surface area contributed by atoms with Crippen molar-refractivity contribution in [2.45, 2.75) is 6.54 Å². The zero-order valence-electron chi connectivity index (χ0n) is 9.00. The van der Waals surface area contributed by atoms with Crippen molar-refractivity contribution < 1.29 is 9.53 Å². The highest BCUT2D eigenvalue weighted by molar-refractivity contribution is 6.68. The van der Waals surface area contributed by atoms with E-state index in [1.807, 2.05) is 6.07 Å². The van der Waals surface area contributed by atoms with Gasteiger partial charge >= 0.3 is 0 Å². The van der Waals surface area contributed by atoms with E-state index in [1.54, 1.807) is 16.8 Å². The van der Waals surface area contributed by atoms with Crippen molar-refractivity contribution in [3.05, 3.63) is 35.7 Å². The number of tetrazole rings is 1. The number of methoxy groups -OCH3 is 1. The van der Waals surface area contributed by atoms with Crippen LogP contribution in [-0.2, 0) is 6.54 Å². The summed E-state index contributed by atoms with van der Waals surface area (Å²) in [6, 6.07) is 5.18. The summed E-state index contributed by atoms with van der Waals surface area (Å²) in [6.45, 7) is 0.466. The minimum atomic E-state index is -0.555. The van der Waals surface area contributed by atoms with Crippen LogP contribution in [0.15, 0.2) is 24.5 Å². The lowest BCUT2D eigenvalue weighted by atomic mass is 10.1. The molecule has 17 heavy (non-hydrogen) atoms. The molecule has 0 bridgehead atoms. The quantitative estimate of drug-likeness (QED) is 0.763. The third-order valence-corrected chi connectivity index (χ3v) is 2.42. The van der Waals surface area contributed by atoms with Crippen molar-refractivity contribution in [1.29, 1.82) is 0 Å². The highest BCUT2D eigenvalue weighted by atomic mass is 35.5. The van der Waals surface area contributed by atoms with Gasteiger partial charge in [0.2, 0.25) is 0 Å². The minimum Gasteiger partial charge on any atom is -0.496 e. The number of hydrogen-bond donors (Lipinski definition) is 0. The Kier molecular flexibility index (Phi) is 3.34. The number of nitrogens with zero attached hydrogens (tertiary/aromatic N) is 4. The molecule has 1 aromatic carbocycles. The first-order valence-electron chi connectivity index (χ1n) is 4.78. The minimum absolute atomic E-state index is 0.333. The molecule has 1 heterocycles. The number of aromatic nitrogens is 4. The van der Waals surface area contributed by atoms with Gasteiger partial charge in [0.25, 0.3) is 5.24 Å². The molecule has 0 N–H and O–H groups in total. The number of rotatable bonds is 4. The fraction of sp³-hybridized carbons (Fsp3) is 0.200. The van der Waals surface area contributed by atoms with Crippen LogP contribution in [0.2, 0.25) is 0 Å². The molecule has 2 aromatic rings. The van der Waals surface area contributed by atoms with Crippen LogP contribution in [0.4, 0.5) is 0 Å². The fourth-order valence-electron chi connectivity index (χ4n) is 1.45. The molecule has 0 atom stereocenters. The number of carbonyl (C=O) groups excluding carboxylic acids is 1. The first kappa shape index (κ1) is 11.5. The molecule has 0 spiro atoms. The van der Waals surface area contributed by atoms with Gasteiger partial charge in [-0.1, -0.05) is 6.07 Å². The Bertz CT molecular complexity index is 527. The highest BCUT2D eigenvalue weighted by Gasteiger charge is 2.11. The van der Waals surface area contributed by atoms with Gasteiger partial charge in [0.05, 0.1) is 19.2 Å². The van der Waals surface area contributed by atoms with Crippen molar-refractivity contribution in [2.75, 3.05) is 7.11 Å². The smallest absolute Gasteiger partial charge is 0.256 e. The second-order valence-electron chi connectivity index (χ2n) is 3.32. The summed E-state index contributed by atoms with van der Waals surface area (Å²) in [6.07, 6.45) is 1.49. The lowest BCUT2D eigenvalue weighted by Crippen LogP contribution is -2.03. The Morgan fingerprint density at radius 1 is 1.53 bits per heavy atom. The van der Waals surface area contributed by atoms with Gasteiger partial charge in [-0.05, 0) is 39.7 Å². The molecule has 0 fully saturated rings. The number of benzene rings is 1. The Balaban J connectivity index is 2.30. The summed E-state index contributed by atoms with van der Waals surface area (Å²) in [4.78, 5) is 11.2. The molecular formula is C10H9ClN4O2. The number of hydrogen-bond acceptors (Lipinski definition) is 5. The summed E-state index contributed by atoms with van der Waals surface area (Å²) in [5.41, 5.74) is 1.20. The normalized spacial score (nSPS) is 10.2. The van der Waals surface area contributed by atoms with E-state index in [1.165, 1.54) is 13.4 Å². The third-order valence-electron chi connectivity index (χ3n) is 2.21. The predicted octanol–water partition coefficient (Wildman–Crippen LogP) is 1.11. The monoisotopic (exact) mass is 252 g/mol. The molecule has 6 nitrogen and oxygen atoms in total. The van der Waals surface area contributed by atoms with Gasteiger partial charge in [0, 0.05) is 0 Å². The molecule has 0 saturated heterocycles. The van der Waals surface area contributed by atoms with Gasteiger partial charge in [-0.15, -0.1) is 5.10 Å². The SMILES string of the molecule is COc1ccc(Cn2cnnn2)cc1C(=O)Cl. The second-order valence-corrected chi connectivity index (χ2v) is 3.66. The molecule has 0 aliphatic heterocycles. The average molecular weight is 253 g/mol. The molecule has 0 aliphatic rings. The van der Waals surface area contributed by atoms with Crippen LogP contribution in [0.25, 0.3) is 0 Å².